The molecule has 0 heterocycles. The Labute approximate surface area is 130 Å². The van der Waals surface area contributed by atoms with Gasteiger partial charge in [0.05, 0.1) is 4.90 Å². The number of hydrogen-bond acceptors (Lipinski definition) is 3. The van der Waals surface area contributed by atoms with Crippen molar-refractivity contribution in [2.45, 2.75) is 17.9 Å². The molecule has 1 amide bonds. The molecular weight excluding hydrogens is 300 g/mol. The van der Waals surface area contributed by atoms with Gasteiger partial charge in [-0.05, 0) is 17.7 Å². The highest BCUT2D eigenvalue weighted by molar-refractivity contribution is 7.89. The second-order valence-electron chi connectivity index (χ2n) is 4.72. The molecular formula is C16H18N2O3S. The zero-order valence-corrected chi connectivity index (χ0v) is 12.8. The highest BCUT2D eigenvalue weighted by Gasteiger charge is 2.13. The van der Waals surface area contributed by atoms with Crippen molar-refractivity contribution in [3.05, 3.63) is 66.2 Å². The van der Waals surface area contributed by atoms with Crippen LogP contribution >= 0.6 is 0 Å². The lowest BCUT2D eigenvalue weighted by Gasteiger charge is -2.07. The third-order valence-corrected chi connectivity index (χ3v) is 4.51. The minimum absolute atomic E-state index is 0.0673. The van der Waals surface area contributed by atoms with Crippen LogP contribution < -0.4 is 10.0 Å². The normalized spacial score (nSPS) is 11.1. The minimum atomic E-state index is -3.55. The number of nitrogens with one attached hydrogen (secondary N) is 2. The summed E-state index contributed by atoms with van der Waals surface area (Å²) in [4.78, 5) is 11.9. The number of carbonyl (C=O) groups excluding carboxylic acids is 1. The second-order valence-corrected chi connectivity index (χ2v) is 6.49. The van der Waals surface area contributed by atoms with Crippen molar-refractivity contribution >= 4 is 15.9 Å². The molecule has 0 radical (unpaired) electrons. The number of benzene rings is 2. The molecule has 0 aliphatic rings. The van der Waals surface area contributed by atoms with Gasteiger partial charge < -0.3 is 5.32 Å². The Morgan fingerprint density at radius 2 is 1.50 bits per heavy atom. The van der Waals surface area contributed by atoms with Gasteiger partial charge in [-0.2, -0.15) is 0 Å². The Morgan fingerprint density at radius 3 is 2.14 bits per heavy atom. The Bertz CT molecular complexity index is 701. The molecule has 116 valence electrons. The molecule has 0 saturated carbocycles. The van der Waals surface area contributed by atoms with Crippen molar-refractivity contribution in [1.82, 2.24) is 10.0 Å². The van der Waals surface area contributed by atoms with Gasteiger partial charge in [0, 0.05) is 19.5 Å². The van der Waals surface area contributed by atoms with E-state index in [-0.39, 0.29) is 23.8 Å². The van der Waals surface area contributed by atoms with Gasteiger partial charge in [0.2, 0.25) is 15.9 Å². The molecule has 0 atom stereocenters. The maximum atomic E-state index is 12.0. The zero-order chi connectivity index (χ0) is 15.8. The number of amides is 1. The van der Waals surface area contributed by atoms with Gasteiger partial charge in [0.15, 0.2) is 0 Å². The van der Waals surface area contributed by atoms with Gasteiger partial charge in [-0.3, -0.25) is 4.79 Å². The zero-order valence-electron chi connectivity index (χ0n) is 12.0. The van der Waals surface area contributed by atoms with E-state index in [1.165, 1.54) is 12.1 Å². The topological polar surface area (TPSA) is 75.3 Å². The molecule has 6 heteroatoms. The van der Waals surface area contributed by atoms with Crippen molar-refractivity contribution in [3.63, 3.8) is 0 Å². The van der Waals surface area contributed by atoms with E-state index in [4.69, 9.17) is 0 Å². The lowest BCUT2D eigenvalue weighted by molar-refractivity contribution is -0.121. The predicted molar refractivity (Wildman–Crippen MR) is 84.5 cm³/mol. The largest absolute Gasteiger partial charge is 0.352 e. The van der Waals surface area contributed by atoms with Crippen LogP contribution in [0, 0.1) is 0 Å². The monoisotopic (exact) mass is 318 g/mol. The summed E-state index contributed by atoms with van der Waals surface area (Å²) in [6.07, 6.45) is 0.0961. The maximum absolute atomic E-state index is 12.0. The van der Waals surface area contributed by atoms with Gasteiger partial charge in [-0.15, -0.1) is 0 Å². The molecule has 0 spiro atoms. The van der Waals surface area contributed by atoms with Crippen LogP contribution in [0.15, 0.2) is 65.6 Å². The molecule has 2 rings (SSSR count). The van der Waals surface area contributed by atoms with Crippen molar-refractivity contribution in [2.75, 3.05) is 6.54 Å². The standard InChI is InChI=1S/C16H18N2O3S/c19-16(17-13-14-7-3-1-4-8-14)11-12-18-22(20,21)15-9-5-2-6-10-15/h1-10,18H,11-13H2,(H,17,19). The first kappa shape index (κ1) is 16.2. The molecule has 0 aliphatic carbocycles. The molecule has 22 heavy (non-hydrogen) atoms. The van der Waals surface area contributed by atoms with Crippen LogP contribution in [-0.4, -0.2) is 20.9 Å². The third kappa shape index (κ3) is 4.98. The fourth-order valence-corrected chi connectivity index (χ4v) is 2.92. The van der Waals surface area contributed by atoms with Gasteiger partial charge in [-0.25, -0.2) is 13.1 Å². The Balaban J connectivity index is 1.75. The summed E-state index contributed by atoms with van der Waals surface area (Å²) in [5.41, 5.74) is 1.00. The van der Waals surface area contributed by atoms with Crippen LogP contribution in [-0.2, 0) is 21.4 Å². The lowest BCUT2D eigenvalue weighted by Crippen LogP contribution is -2.30. The van der Waals surface area contributed by atoms with Crippen LogP contribution in [0.25, 0.3) is 0 Å². The maximum Gasteiger partial charge on any atom is 0.240 e. The van der Waals surface area contributed by atoms with E-state index in [0.717, 1.165) is 5.56 Å². The summed E-state index contributed by atoms with van der Waals surface area (Å²) in [6, 6.07) is 17.6. The van der Waals surface area contributed by atoms with E-state index in [2.05, 4.69) is 10.0 Å². The van der Waals surface area contributed by atoms with Crippen molar-refractivity contribution < 1.29 is 13.2 Å². The smallest absolute Gasteiger partial charge is 0.240 e. The summed E-state index contributed by atoms with van der Waals surface area (Å²) in [5.74, 6) is -0.195. The number of carbonyl (C=O) groups is 1. The predicted octanol–water partition coefficient (Wildman–Crippen LogP) is 1.67. The molecule has 0 saturated heterocycles. The average Bonchev–Trinajstić information content (AvgIpc) is 2.54. The SMILES string of the molecule is O=C(CCNS(=O)(=O)c1ccccc1)NCc1ccccc1. The molecule has 2 N–H and O–H groups in total. The molecule has 0 aliphatic heterocycles. The Hall–Kier alpha value is -2.18. The van der Waals surface area contributed by atoms with Crippen LogP contribution in [0.2, 0.25) is 0 Å². The van der Waals surface area contributed by atoms with E-state index in [1.807, 2.05) is 30.3 Å². The van der Waals surface area contributed by atoms with E-state index in [9.17, 15) is 13.2 Å². The summed E-state index contributed by atoms with van der Waals surface area (Å²) in [7, 11) is -3.55. The Kier molecular flexibility index (Phi) is 5.68. The van der Waals surface area contributed by atoms with E-state index >= 15 is 0 Å². The second kappa shape index (κ2) is 7.72. The number of sulfonamides is 1. The van der Waals surface area contributed by atoms with Crippen LogP contribution in [0.1, 0.15) is 12.0 Å². The summed E-state index contributed by atoms with van der Waals surface area (Å²) in [5, 5.41) is 2.75. The minimum Gasteiger partial charge on any atom is -0.352 e. The van der Waals surface area contributed by atoms with Gasteiger partial charge >= 0.3 is 0 Å². The summed E-state index contributed by atoms with van der Waals surface area (Å²) >= 11 is 0. The number of hydrogen-bond donors (Lipinski definition) is 2. The van der Waals surface area contributed by atoms with Crippen LogP contribution in [0.5, 0.6) is 0 Å². The van der Waals surface area contributed by atoms with E-state index in [0.29, 0.717) is 6.54 Å². The fraction of sp³-hybridized carbons (Fsp3) is 0.188. The lowest BCUT2D eigenvalue weighted by atomic mass is 10.2. The fourth-order valence-electron chi connectivity index (χ4n) is 1.87. The molecule has 5 nitrogen and oxygen atoms in total. The molecule has 0 aromatic heterocycles. The third-order valence-electron chi connectivity index (χ3n) is 3.03. The van der Waals surface area contributed by atoms with E-state index < -0.39 is 10.0 Å². The summed E-state index contributed by atoms with van der Waals surface area (Å²) in [6.45, 7) is 0.503. The molecule has 2 aromatic carbocycles. The van der Waals surface area contributed by atoms with E-state index in [1.54, 1.807) is 18.2 Å². The first-order valence-corrected chi connectivity index (χ1v) is 8.41. The van der Waals surface area contributed by atoms with Crippen LogP contribution in [0.3, 0.4) is 0 Å². The first-order valence-electron chi connectivity index (χ1n) is 6.93. The first-order chi connectivity index (χ1) is 10.6. The van der Waals surface area contributed by atoms with Gasteiger partial charge in [0.1, 0.15) is 0 Å². The number of rotatable bonds is 7. The van der Waals surface area contributed by atoms with Crippen molar-refractivity contribution in [2.24, 2.45) is 0 Å². The summed E-state index contributed by atoms with van der Waals surface area (Å²) < 4.78 is 26.3. The van der Waals surface area contributed by atoms with Gasteiger partial charge in [0.25, 0.3) is 0 Å². The molecule has 0 fully saturated rings. The highest BCUT2D eigenvalue weighted by Crippen LogP contribution is 2.06. The average molecular weight is 318 g/mol. The molecule has 0 unspecified atom stereocenters. The molecule has 0 bridgehead atoms. The molecule has 2 aromatic rings. The van der Waals surface area contributed by atoms with Crippen LogP contribution in [0.4, 0.5) is 0 Å². The van der Waals surface area contributed by atoms with Crippen molar-refractivity contribution in [3.8, 4) is 0 Å². The van der Waals surface area contributed by atoms with Gasteiger partial charge in [-0.1, -0.05) is 48.5 Å². The quantitative estimate of drug-likeness (QED) is 0.815. The highest BCUT2D eigenvalue weighted by atomic mass is 32.2. The van der Waals surface area contributed by atoms with Crippen molar-refractivity contribution in [1.29, 1.82) is 0 Å². The Morgan fingerprint density at radius 1 is 0.909 bits per heavy atom.